The monoisotopic (exact) mass is 715 g/mol. The standard InChI is InChI=1S/C50H42BNOS/c1-5-6-19-37-41(25-26-45-48(37)38-20-13-14-21-44(38)53-45)52-42-24-22-34(32-15-9-7-10-16-32)28-39(42)51-40-29-35(33-17-11-8-12-18-33)23-27-46(40)54-47-31-36(50(2,3)4)30-43(52)49(47)51/h7-18,20-31H,5-6,19H2,1-4H3. The number of anilines is 3. The molecule has 1 aromatic heterocycles. The topological polar surface area (TPSA) is 16.4 Å². The lowest BCUT2D eigenvalue weighted by Crippen LogP contribution is -2.60. The summed E-state index contributed by atoms with van der Waals surface area (Å²) in [5.74, 6) is 0. The van der Waals surface area contributed by atoms with E-state index < -0.39 is 0 Å². The fraction of sp³-hybridized carbons (Fsp3) is 0.160. The van der Waals surface area contributed by atoms with Crippen LogP contribution in [-0.2, 0) is 11.8 Å². The van der Waals surface area contributed by atoms with Crippen molar-refractivity contribution in [1.29, 1.82) is 0 Å². The van der Waals surface area contributed by atoms with E-state index in [-0.39, 0.29) is 12.1 Å². The Morgan fingerprint density at radius 3 is 1.98 bits per heavy atom. The average Bonchev–Trinajstić information content (AvgIpc) is 3.59. The summed E-state index contributed by atoms with van der Waals surface area (Å²) in [6.45, 7) is 9.40. The molecule has 3 heterocycles. The van der Waals surface area contributed by atoms with Gasteiger partial charge in [0, 0.05) is 31.9 Å². The Morgan fingerprint density at radius 2 is 1.26 bits per heavy atom. The van der Waals surface area contributed by atoms with Crippen LogP contribution in [0.2, 0.25) is 0 Å². The molecule has 54 heavy (non-hydrogen) atoms. The Balaban J connectivity index is 1.30. The van der Waals surface area contributed by atoms with Crippen molar-refractivity contribution >= 4 is 73.9 Å². The Kier molecular flexibility index (Phi) is 7.89. The van der Waals surface area contributed by atoms with E-state index in [4.69, 9.17) is 4.42 Å². The third-order valence-corrected chi connectivity index (χ3v) is 12.6. The molecule has 0 N–H and O–H groups in total. The van der Waals surface area contributed by atoms with E-state index in [0.717, 1.165) is 30.4 Å². The summed E-state index contributed by atoms with van der Waals surface area (Å²) >= 11 is 1.94. The number of rotatable bonds is 6. The van der Waals surface area contributed by atoms with Gasteiger partial charge in [0.15, 0.2) is 0 Å². The zero-order valence-electron chi connectivity index (χ0n) is 31.3. The van der Waals surface area contributed by atoms with Crippen LogP contribution in [0.25, 0.3) is 44.2 Å². The quantitative estimate of drug-likeness (QED) is 0.160. The molecule has 8 aromatic rings. The van der Waals surface area contributed by atoms with Gasteiger partial charge in [-0.3, -0.25) is 0 Å². The fourth-order valence-electron chi connectivity index (χ4n) is 8.76. The Bertz CT molecular complexity index is 2730. The number of unbranched alkanes of at least 4 members (excludes halogenated alkanes) is 1. The number of fused-ring (bicyclic) bond motifs is 7. The van der Waals surface area contributed by atoms with Crippen LogP contribution < -0.4 is 21.3 Å². The molecule has 0 unspecified atom stereocenters. The first kappa shape index (κ1) is 33.1. The van der Waals surface area contributed by atoms with E-state index in [1.807, 2.05) is 11.8 Å². The molecule has 0 fully saturated rings. The predicted molar refractivity (Wildman–Crippen MR) is 232 cm³/mol. The first-order valence-corrected chi connectivity index (χ1v) is 20.2. The molecule has 0 saturated heterocycles. The Morgan fingerprint density at radius 1 is 0.593 bits per heavy atom. The smallest absolute Gasteiger partial charge is 0.249 e. The van der Waals surface area contributed by atoms with Crippen molar-refractivity contribution in [2.45, 2.75) is 62.2 Å². The first-order valence-electron chi connectivity index (χ1n) is 19.4. The highest BCUT2D eigenvalue weighted by Crippen LogP contribution is 2.47. The number of nitrogens with zero attached hydrogens (tertiary/aromatic N) is 1. The number of benzene rings is 7. The van der Waals surface area contributed by atoms with Crippen LogP contribution in [0.3, 0.4) is 0 Å². The second-order valence-electron chi connectivity index (χ2n) is 15.9. The van der Waals surface area contributed by atoms with E-state index in [9.17, 15) is 0 Å². The molecule has 0 radical (unpaired) electrons. The van der Waals surface area contributed by atoms with Gasteiger partial charge in [-0.15, -0.1) is 0 Å². The fourth-order valence-corrected chi connectivity index (χ4v) is 9.95. The number of furan rings is 1. The highest BCUT2D eigenvalue weighted by atomic mass is 32.2. The maximum Gasteiger partial charge on any atom is 0.249 e. The van der Waals surface area contributed by atoms with Crippen LogP contribution >= 0.6 is 11.8 Å². The molecular weight excluding hydrogens is 673 g/mol. The minimum atomic E-state index is -0.0299. The maximum atomic E-state index is 6.51. The molecule has 4 heteroatoms. The van der Waals surface area contributed by atoms with Crippen molar-refractivity contribution in [3.8, 4) is 22.3 Å². The summed E-state index contributed by atoms with van der Waals surface area (Å²) in [4.78, 5) is 5.31. The van der Waals surface area contributed by atoms with Gasteiger partial charge in [0.25, 0.3) is 0 Å². The zero-order chi connectivity index (χ0) is 36.6. The SMILES string of the molecule is CCCCc1c(N2c3ccc(-c4ccccc4)cc3B3c4cc(-c5ccccc5)ccc4Sc4cc(C(C)(C)C)cc2c43)ccc2oc3ccccc3c12. The van der Waals surface area contributed by atoms with E-state index in [0.29, 0.717) is 0 Å². The van der Waals surface area contributed by atoms with Crippen molar-refractivity contribution in [3.05, 3.63) is 157 Å². The van der Waals surface area contributed by atoms with Crippen LogP contribution in [0, 0.1) is 0 Å². The van der Waals surface area contributed by atoms with Gasteiger partial charge in [-0.05, 0) is 105 Å². The molecule has 2 aliphatic heterocycles. The summed E-state index contributed by atoms with van der Waals surface area (Å²) in [5.41, 5.74) is 17.5. The van der Waals surface area contributed by atoms with Gasteiger partial charge in [-0.25, -0.2) is 0 Å². The normalized spacial score (nSPS) is 13.3. The summed E-state index contributed by atoms with van der Waals surface area (Å²) in [5, 5.41) is 2.44. The molecule has 0 spiro atoms. The Labute approximate surface area is 322 Å². The van der Waals surface area contributed by atoms with Gasteiger partial charge >= 0.3 is 0 Å². The summed E-state index contributed by atoms with van der Waals surface area (Å²) in [7, 11) is 0. The minimum absolute atomic E-state index is 0.0299. The van der Waals surface area contributed by atoms with Crippen LogP contribution in [0.5, 0.6) is 0 Å². The largest absolute Gasteiger partial charge is 0.456 e. The number of hydrogen-bond donors (Lipinski definition) is 0. The van der Waals surface area contributed by atoms with Crippen molar-refractivity contribution in [1.82, 2.24) is 0 Å². The Hall–Kier alpha value is -5.45. The van der Waals surface area contributed by atoms with Gasteiger partial charge in [-0.2, -0.15) is 0 Å². The van der Waals surface area contributed by atoms with Crippen molar-refractivity contribution < 1.29 is 4.42 Å². The molecule has 0 bridgehead atoms. The zero-order valence-corrected chi connectivity index (χ0v) is 32.1. The molecule has 7 aromatic carbocycles. The molecule has 2 aliphatic rings. The predicted octanol–water partition coefficient (Wildman–Crippen LogP) is 12.3. The molecular formula is C50H42BNOS. The molecule has 0 atom stereocenters. The molecule has 0 amide bonds. The van der Waals surface area contributed by atoms with Gasteiger partial charge in [0.1, 0.15) is 11.2 Å². The molecule has 0 aliphatic carbocycles. The van der Waals surface area contributed by atoms with E-state index >= 15 is 0 Å². The summed E-state index contributed by atoms with van der Waals surface area (Å²) < 4.78 is 6.51. The van der Waals surface area contributed by atoms with Crippen molar-refractivity contribution in [3.63, 3.8) is 0 Å². The summed E-state index contributed by atoms with van der Waals surface area (Å²) in [6.07, 6.45) is 3.20. The van der Waals surface area contributed by atoms with E-state index in [1.165, 1.54) is 87.4 Å². The van der Waals surface area contributed by atoms with Crippen molar-refractivity contribution in [2.75, 3.05) is 4.90 Å². The van der Waals surface area contributed by atoms with Gasteiger partial charge in [0.05, 0.1) is 5.69 Å². The average molecular weight is 716 g/mol. The number of aryl methyl sites for hydroxylation is 1. The van der Waals surface area contributed by atoms with Crippen LogP contribution in [0.1, 0.15) is 51.7 Å². The van der Waals surface area contributed by atoms with Gasteiger partial charge in [0.2, 0.25) is 6.71 Å². The lowest BCUT2D eigenvalue weighted by molar-refractivity contribution is 0.589. The number of hydrogen-bond acceptors (Lipinski definition) is 3. The summed E-state index contributed by atoms with van der Waals surface area (Å²) in [6, 6.07) is 54.1. The van der Waals surface area contributed by atoms with Gasteiger partial charge in [-0.1, -0.05) is 154 Å². The van der Waals surface area contributed by atoms with Crippen molar-refractivity contribution in [2.24, 2.45) is 0 Å². The number of para-hydroxylation sites is 1. The van der Waals surface area contributed by atoms with Crippen LogP contribution in [-0.4, -0.2) is 6.71 Å². The van der Waals surface area contributed by atoms with E-state index in [1.54, 1.807) is 0 Å². The molecule has 2 nitrogen and oxygen atoms in total. The van der Waals surface area contributed by atoms with Crippen LogP contribution in [0.4, 0.5) is 17.1 Å². The highest BCUT2D eigenvalue weighted by Gasteiger charge is 2.42. The lowest BCUT2D eigenvalue weighted by atomic mass is 9.34. The minimum Gasteiger partial charge on any atom is -0.456 e. The van der Waals surface area contributed by atoms with Gasteiger partial charge < -0.3 is 9.32 Å². The second kappa shape index (κ2) is 12.9. The molecule has 10 rings (SSSR count). The highest BCUT2D eigenvalue weighted by molar-refractivity contribution is 8.00. The second-order valence-corrected chi connectivity index (χ2v) is 17.0. The first-order chi connectivity index (χ1) is 26.4. The lowest BCUT2D eigenvalue weighted by Gasteiger charge is -2.42. The molecule has 0 saturated carbocycles. The third-order valence-electron chi connectivity index (χ3n) is 11.5. The maximum absolute atomic E-state index is 6.51. The third kappa shape index (κ3) is 5.34. The molecule has 262 valence electrons. The van der Waals surface area contributed by atoms with E-state index in [2.05, 4.69) is 178 Å². The van der Waals surface area contributed by atoms with Crippen LogP contribution in [0.15, 0.2) is 160 Å².